The number of nitrogens with one attached hydrogen (secondary N) is 1. The molecule has 1 unspecified atom stereocenters. The van der Waals surface area contributed by atoms with E-state index in [9.17, 15) is 0 Å². The maximum absolute atomic E-state index is 5.47. The molecule has 2 rings (SSSR count). The fraction of sp³-hybridized carbons (Fsp3) is 0.333. The van der Waals surface area contributed by atoms with Crippen molar-refractivity contribution in [3.63, 3.8) is 0 Å². The van der Waals surface area contributed by atoms with Crippen molar-refractivity contribution >= 4 is 23.4 Å². The molecule has 1 N–H and O–H groups in total. The molecule has 2 nitrogen and oxygen atoms in total. The second-order valence-electron chi connectivity index (χ2n) is 3.65. The monoisotopic (exact) mass is 225 g/mol. The molecule has 15 heavy (non-hydrogen) atoms. The number of hydrogen-bond acceptors (Lipinski definition) is 2. The summed E-state index contributed by atoms with van der Waals surface area (Å²) < 4.78 is 5.47. The maximum Gasteiger partial charge on any atom is 0.134 e. The number of halogens is 1. The van der Waals surface area contributed by atoms with Gasteiger partial charge in [-0.1, -0.05) is 18.2 Å². The lowest BCUT2D eigenvalue weighted by Crippen LogP contribution is -2.23. The summed E-state index contributed by atoms with van der Waals surface area (Å²) in [7, 11) is 1.98. The van der Waals surface area contributed by atoms with Gasteiger partial charge in [-0.15, -0.1) is 12.4 Å². The highest BCUT2D eigenvalue weighted by Crippen LogP contribution is 2.21. The van der Waals surface area contributed by atoms with E-state index < -0.39 is 0 Å². The summed E-state index contributed by atoms with van der Waals surface area (Å²) in [6.45, 7) is 2.17. The van der Waals surface area contributed by atoms with Crippen LogP contribution in [0.3, 0.4) is 0 Å². The van der Waals surface area contributed by atoms with Crippen LogP contribution in [0.4, 0.5) is 0 Å². The van der Waals surface area contributed by atoms with Gasteiger partial charge in [-0.3, -0.25) is 0 Å². The average Bonchev–Trinajstić information content (AvgIpc) is 2.62. The zero-order chi connectivity index (χ0) is 9.97. The first kappa shape index (κ1) is 12.1. The van der Waals surface area contributed by atoms with Gasteiger partial charge >= 0.3 is 0 Å². The highest BCUT2D eigenvalue weighted by atomic mass is 35.5. The molecule has 0 radical (unpaired) electrons. The molecule has 1 heterocycles. The summed E-state index contributed by atoms with van der Waals surface area (Å²) in [5.74, 6) is 0. The van der Waals surface area contributed by atoms with Gasteiger partial charge in [0.2, 0.25) is 0 Å². The first-order valence-corrected chi connectivity index (χ1v) is 4.93. The molecule has 0 aliphatic rings. The minimum absolute atomic E-state index is 0. The van der Waals surface area contributed by atoms with E-state index in [-0.39, 0.29) is 12.4 Å². The van der Waals surface area contributed by atoms with Crippen molar-refractivity contribution < 1.29 is 4.42 Å². The Balaban J connectivity index is 0.00000112. The highest BCUT2D eigenvalue weighted by molar-refractivity contribution is 5.85. The van der Waals surface area contributed by atoms with E-state index in [0.29, 0.717) is 6.04 Å². The number of fused-ring (bicyclic) bond motifs is 1. The maximum atomic E-state index is 5.47. The lowest BCUT2D eigenvalue weighted by molar-refractivity contribution is 0.583. The van der Waals surface area contributed by atoms with E-state index in [4.69, 9.17) is 4.42 Å². The lowest BCUT2D eigenvalue weighted by Gasteiger charge is -2.07. The van der Waals surface area contributed by atoms with Crippen LogP contribution < -0.4 is 5.32 Å². The summed E-state index contributed by atoms with van der Waals surface area (Å²) in [5.41, 5.74) is 2.26. The van der Waals surface area contributed by atoms with Crippen LogP contribution >= 0.6 is 12.4 Å². The molecule has 1 atom stereocenters. The van der Waals surface area contributed by atoms with Crippen LogP contribution in [0.15, 0.2) is 34.9 Å². The zero-order valence-electron chi connectivity index (χ0n) is 8.99. The van der Waals surface area contributed by atoms with E-state index in [2.05, 4.69) is 18.3 Å². The topological polar surface area (TPSA) is 25.2 Å². The van der Waals surface area contributed by atoms with Crippen LogP contribution in [-0.2, 0) is 6.42 Å². The zero-order valence-corrected chi connectivity index (χ0v) is 9.80. The summed E-state index contributed by atoms with van der Waals surface area (Å²) in [5, 5.41) is 4.46. The van der Waals surface area contributed by atoms with Gasteiger partial charge in [0.05, 0.1) is 6.26 Å². The Hall–Kier alpha value is -0.990. The summed E-state index contributed by atoms with van der Waals surface area (Å²) >= 11 is 0. The van der Waals surface area contributed by atoms with Gasteiger partial charge < -0.3 is 9.73 Å². The van der Waals surface area contributed by atoms with Crippen molar-refractivity contribution in [1.82, 2.24) is 5.32 Å². The van der Waals surface area contributed by atoms with Crippen LogP contribution in [-0.4, -0.2) is 13.1 Å². The van der Waals surface area contributed by atoms with E-state index in [0.717, 1.165) is 12.0 Å². The molecule has 3 heteroatoms. The van der Waals surface area contributed by atoms with Crippen molar-refractivity contribution in [3.05, 3.63) is 36.1 Å². The highest BCUT2D eigenvalue weighted by Gasteiger charge is 2.07. The molecule has 0 aliphatic heterocycles. The van der Waals surface area contributed by atoms with E-state index in [1.54, 1.807) is 0 Å². The molecular formula is C12H16ClNO. The van der Waals surface area contributed by atoms with Gasteiger partial charge in [-0.2, -0.15) is 0 Å². The Bertz CT molecular complexity index is 424. The van der Waals surface area contributed by atoms with Gasteiger partial charge in [0.1, 0.15) is 5.58 Å². The minimum Gasteiger partial charge on any atom is -0.464 e. The molecule has 0 saturated carbocycles. The number of benzene rings is 1. The fourth-order valence-electron chi connectivity index (χ4n) is 1.62. The minimum atomic E-state index is 0. The van der Waals surface area contributed by atoms with Crippen LogP contribution in [0.5, 0.6) is 0 Å². The van der Waals surface area contributed by atoms with Crippen molar-refractivity contribution in [2.75, 3.05) is 7.05 Å². The summed E-state index contributed by atoms with van der Waals surface area (Å²) in [6.07, 6.45) is 2.87. The van der Waals surface area contributed by atoms with E-state index >= 15 is 0 Å². The van der Waals surface area contributed by atoms with E-state index in [1.807, 2.05) is 31.5 Å². The summed E-state index contributed by atoms with van der Waals surface area (Å²) in [4.78, 5) is 0. The number of likely N-dealkylation sites (N-methyl/N-ethyl adjacent to an activating group) is 1. The second kappa shape index (κ2) is 5.19. The quantitative estimate of drug-likeness (QED) is 0.869. The predicted molar refractivity (Wildman–Crippen MR) is 65.7 cm³/mol. The van der Waals surface area contributed by atoms with Crippen molar-refractivity contribution in [2.45, 2.75) is 19.4 Å². The van der Waals surface area contributed by atoms with Crippen molar-refractivity contribution in [2.24, 2.45) is 0 Å². The normalized spacial score (nSPS) is 12.4. The predicted octanol–water partition coefficient (Wildman–Crippen LogP) is 3.01. The molecule has 2 aromatic rings. The molecule has 0 amide bonds. The van der Waals surface area contributed by atoms with Gasteiger partial charge in [-0.05, 0) is 32.0 Å². The number of rotatable bonds is 3. The SMILES string of the molecule is CNC(C)Cc1coc2ccccc12.Cl. The van der Waals surface area contributed by atoms with Crippen LogP contribution in [0.1, 0.15) is 12.5 Å². The average molecular weight is 226 g/mol. The van der Waals surface area contributed by atoms with Gasteiger partial charge in [0.25, 0.3) is 0 Å². The van der Waals surface area contributed by atoms with Crippen molar-refractivity contribution in [3.8, 4) is 0 Å². The Morgan fingerprint density at radius 1 is 1.33 bits per heavy atom. The Morgan fingerprint density at radius 2 is 2.07 bits per heavy atom. The first-order valence-electron chi connectivity index (χ1n) is 4.93. The molecule has 1 aromatic heterocycles. The van der Waals surface area contributed by atoms with Gasteiger partial charge in [-0.25, -0.2) is 0 Å². The smallest absolute Gasteiger partial charge is 0.134 e. The Morgan fingerprint density at radius 3 is 2.80 bits per heavy atom. The summed E-state index contributed by atoms with van der Waals surface area (Å²) in [6, 6.07) is 8.64. The standard InChI is InChI=1S/C12H15NO.ClH/c1-9(13-2)7-10-8-14-12-6-4-3-5-11(10)12;/h3-6,8-9,13H,7H2,1-2H3;1H. The Kier molecular flexibility index (Phi) is 4.18. The van der Waals surface area contributed by atoms with Crippen LogP contribution in [0.2, 0.25) is 0 Å². The second-order valence-corrected chi connectivity index (χ2v) is 3.65. The third-order valence-corrected chi connectivity index (χ3v) is 2.58. The molecule has 82 valence electrons. The fourth-order valence-corrected chi connectivity index (χ4v) is 1.62. The molecular weight excluding hydrogens is 210 g/mol. The number of furan rings is 1. The van der Waals surface area contributed by atoms with Crippen molar-refractivity contribution in [1.29, 1.82) is 0 Å². The Labute approximate surface area is 96.1 Å². The molecule has 0 saturated heterocycles. The van der Waals surface area contributed by atoms with Crippen LogP contribution in [0, 0.1) is 0 Å². The number of para-hydroxylation sites is 1. The van der Waals surface area contributed by atoms with E-state index in [1.165, 1.54) is 10.9 Å². The molecule has 0 bridgehead atoms. The number of hydrogen-bond donors (Lipinski definition) is 1. The molecule has 0 aliphatic carbocycles. The van der Waals surface area contributed by atoms with Gasteiger partial charge in [0.15, 0.2) is 0 Å². The molecule has 0 fully saturated rings. The van der Waals surface area contributed by atoms with Crippen LogP contribution in [0.25, 0.3) is 11.0 Å². The van der Waals surface area contributed by atoms with Gasteiger partial charge in [0, 0.05) is 11.4 Å². The largest absolute Gasteiger partial charge is 0.464 e. The lowest BCUT2D eigenvalue weighted by atomic mass is 10.1. The molecule has 1 aromatic carbocycles. The third-order valence-electron chi connectivity index (χ3n) is 2.58. The molecule has 0 spiro atoms. The first-order chi connectivity index (χ1) is 6.81. The third kappa shape index (κ3) is 2.52.